The van der Waals surface area contributed by atoms with E-state index in [1.165, 1.54) is 18.9 Å². The number of amidine groups is 1. The van der Waals surface area contributed by atoms with E-state index in [9.17, 15) is 9.59 Å². The van der Waals surface area contributed by atoms with Gasteiger partial charge in [-0.15, -0.1) is 0 Å². The van der Waals surface area contributed by atoms with Crippen molar-refractivity contribution in [3.8, 4) is 0 Å². The molecule has 2 heterocycles. The molecule has 146 valence electrons. The molecule has 1 N–H and O–H groups in total. The number of hydrogen-bond acceptors (Lipinski definition) is 5. The van der Waals surface area contributed by atoms with Gasteiger partial charge in [0.15, 0.2) is 5.17 Å². The first-order valence-electron chi connectivity index (χ1n) is 9.05. The second-order valence-corrected chi connectivity index (χ2v) is 7.60. The first-order valence-corrected chi connectivity index (χ1v) is 9.86. The number of nitrogens with one attached hydrogen (secondary N) is 1. The third-order valence-corrected chi connectivity index (χ3v) is 5.53. The summed E-state index contributed by atoms with van der Waals surface area (Å²) in [6.45, 7) is 2.09. The first-order chi connectivity index (χ1) is 14.0. The van der Waals surface area contributed by atoms with Crippen molar-refractivity contribution in [2.75, 3.05) is 7.11 Å². The summed E-state index contributed by atoms with van der Waals surface area (Å²) in [7, 11) is 1.37. The van der Waals surface area contributed by atoms with Crippen LogP contribution in [0.3, 0.4) is 0 Å². The number of nitrogens with zero attached hydrogens (tertiary/aromatic N) is 2. The number of fused-ring (bicyclic) bond motifs is 1. The fourth-order valence-corrected chi connectivity index (χ4v) is 3.97. The zero-order chi connectivity index (χ0) is 20.4. The molecule has 1 saturated heterocycles. The number of benzene rings is 2. The Kier molecular flexibility index (Phi) is 5.22. The number of methoxy groups -OCH3 is 1. The maximum absolute atomic E-state index is 12.5. The molecule has 2 aromatic carbocycles. The quantitative estimate of drug-likeness (QED) is 0.526. The monoisotopic (exact) mass is 405 g/mol. The van der Waals surface area contributed by atoms with Crippen LogP contribution in [0.25, 0.3) is 17.0 Å². The summed E-state index contributed by atoms with van der Waals surface area (Å²) in [4.78, 5) is 29.3. The highest BCUT2D eigenvalue weighted by atomic mass is 32.2. The number of hydrogen-bond donors (Lipinski definition) is 1. The second kappa shape index (κ2) is 7.97. The summed E-state index contributed by atoms with van der Waals surface area (Å²) in [5.74, 6) is -0.516. The van der Waals surface area contributed by atoms with Crippen molar-refractivity contribution in [3.05, 3.63) is 70.8 Å². The standard InChI is InChI=1S/C22H19N3O3S/c1-14-7-3-5-9-17(14)23-22-24-21(27)19(29-22)11-15-12-25(13-20(26)28-2)18-10-6-4-8-16(15)18/h3-12H,13H2,1-2H3,(H,23,24,27)/b19-11-. The normalized spacial score (nSPS) is 16.6. The lowest BCUT2D eigenvalue weighted by atomic mass is 10.1. The molecule has 1 fully saturated rings. The van der Waals surface area contributed by atoms with Gasteiger partial charge in [0.2, 0.25) is 0 Å². The van der Waals surface area contributed by atoms with E-state index in [0.717, 1.165) is 27.7 Å². The molecule has 0 saturated carbocycles. The van der Waals surface area contributed by atoms with Crippen LogP contribution in [0.1, 0.15) is 11.1 Å². The number of rotatable bonds is 4. The van der Waals surface area contributed by atoms with Crippen molar-refractivity contribution >= 4 is 51.5 Å². The number of carbonyl (C=O) groups excluding carboxylic acids is 2. The molecule has 1 aliphatic heterocycles. The Bertz CT molecular complexity index is 1180. The molecule has 7 heteroatoms. The molecule has 0 radical (unpaired) electrons. The Labute approximate surface area is 172 Å². The number of ether oxygens (including phenoxy) is 1. The highest BCUT2D eigenvalue weighted by Crippen LogP contribution is 2.31. The Morgan fingerprint density at radius 2 is 1.97 bits per heavy atom. The fraction of sp³-hybridized carbons (Fsp3) is 0.136. The van der Waals surface area contributed by atoms with E-state index in [4.69, 9.17) is 4.74 Å². The zero-order valence-electron chi connectivity index (χ0n) is 16.0. The van der Waals surface area contributed by atoms with Crippen LogP contribution < -0.4 is 5.32 Å². The maximum atomic E-state index is 12.5. The van der Waals surface area contributed by atoms with Crippen LogP contribution in [0.15, 0.2) is 64.6 Å². The van der Waals surface area contributed by atoms with E-state index < -0.39 is 0 Å². The largest absolute Gasteiger partial charge is 0.468 e. The lowest BCUT2D eigenvalue weighted by molar-refractivity contribution is -0.141. The maximum Gasteiger partial charge on any atom is 0.325 e. The molecule has 6 nitrogen and oxygen atoms in total. The number of aryl methyl sites for hydroxylation is 1. The highest BCUT2D eigenvalue weighted by Gasteiger charge is 2.24. The van der Waals surface area contributed by atoms with Crippen molar-refractivity contribution in [1.29, 1.82) is 0 Å². The van der Waals surface area contributed by atoms with Crippen LogP contribution in [0.2, 0.25) is 0 Å². The Hall–Kier alpha value is -3.32. The van der Waals surface area contributed by atoms with Crippen LogP contribution in [0, 0.1) is 6.92 Å². The number of carbonyl (C=O) groups is 2. The van der Waals surface area contributed by atoms with Crippen molar-refractivity contribution in [3.63, 3.8) is 0 Å². The molecule has 0 unspecified atom stereocenters. The minimum Gasteiger partial charge on any atom is -0.468 e. The molecular weight excluding hydrogens is 386 g/mol. The molecule has 1 aliphatic rings. The smallest absolute Gasteiger partial charge is 0.325 e. The van der Waals surface area contributed by atoms with Gasteiger partial charge >= 0.3 is 5.97 Å². The molecule has 3 aromatic rings. The van der Waals surface area contributed by atoms with Crippen molar-refractivity contribution in [2.45, 2.75) is 13.5 Å². The molecule has 4 rings (SSSR count). The number of esters is 1. The topological polar surface area (TPSA) is 72.7 Å². The van der Waals surface area contributed by atoms with Gasteiger partial charge in [-0.3, -0.25) is 9.59 Å². The van der Waals surface area contributed by atoms with Gasteiger partial charge in [-0.2, -0.15) is 0 Å². The number of amides is 1. The van der Waals surface area contributed by atoms with Gasteiger partial charge in [-0.1, -0.05) is 36.4 Å². The molecule has 29 heavy (non-hydrogen) atoms. The Balaban J connectivity index is 1.68. The van der Waals surface area contributed by atoms with Crippen LogP contribution in [0.4, 0.5) is 5.69 Å². The Morgan fingerprint density at radius 3 is 2.76 bits per heavy atom. The molecular formula is C22H19N3O3S. The van der Waals surface area contributed by atoms with E-state index in [-0.39, 0.29) is 18.4 Å². The number of aromatic nitrogens is 1. The van der Waals surface area contributed by atoms with Gasteiger partial charge in [0.25, 0.3) is 5.91 Å². The Morgan fingerprint density at radius 1 is 1.21 bits per heavy atom. The van der Waals surface area contributed by atoms with Gasteiger partial charge in [-0.05, 0) is 42.5 Å². The van der Waals surface area contributed by atoms with Gasteiger partial charge in [0, 0.05) is 22.7 Å². The third-order valence-electron chi connectivity index (χ3n) is 4.62. The van der Waals surface area contributed by atoms with E-state index in [0.29, 0.717) is 10.1 Å². The zero-order valence-corrected chi connectivity index (χ0v) is 16.8. The van der Waals surface area contributed by atoms with Crippen LogP contribution in [0.5, 0.6) is 0 Å². The van der Waals surface area contributed by atoms with Crippen LogP contribution >= 0.6 is 11.8 Å². The van der Waals surface area contributed by atoms with E-state index in [1.807, 2.05) is 72.3 Å². The van der Waals surface area contributed by atoms with Crippen molar-refractivity contribution in [2.24, 2.45) is 4.99 Å². The lowest BCUT2D eigenvalue weighted by Gasteiger charge is -2.02. The van der Waals surface area contributed by atoms with Gasteiger partial charge < -0.3 is 14.6 Å². The van der Waals surface area contributed by atoms with Gasteiger partial charge in [-0.25, -0.2) is 4.99 Å². The summed E-state index contributed by atoms with van der Waals surface area (Å²) >= 11 is 1.30. The van der Waals surface area contributed by atoms with E-state index >= 15 is 0 Å². The lowest BCUT2D eigenvalue weighted by Crippen LogP contribution is -2.19. The predicted octanol–water partition coefficient (Wildman–Crippen LogP) is 4.01. The minimum atomic E-state index is -0.328. The average Bonchev–Trinajstić information content (AvgIpc) is 3.24. The number of aliphatic imine (C=N–C) groups is 1. The third kappa shape index (κ3) is 3.95. The first kappa shape index (κ1) is 19.0. The number of thioether (sulfide) groups is 1. The SMILES string of the molecule is COC(=O)Cn1cc(/C=C2\SC(=Nc3ccccc3C)NC2=O)c2ccccc21. The summed E-state index contributed by atoms with van der Waals surface area (Å²) in [5.41, 5.74) is 3.63. The van der Waals surface area contributed by atoms with Crippen LogP contribution in [-0.4, -0.2) is 28.7 Å². The molecule has 0 bridgehead atoms. The molecule has 1 amide bonds. The summed E-state index contributed by atoms with van der Waals surface area (Å²) in [6, 6.07) is 15.5. The highest BCUT2D eigenvalue weighted by molar-refractivity contribution is 8.18. The number of para-hydroxylation sites is 2. The van der Waals surface area contributed by atoms with Crippen molar-refractivity contribution in [1.82, 2.24) is 9.88 Å². The predicted molar refractivity (Wildman–Crippen MR) is 116 cm³/mol. The van der Waals surface area contributed by atoms with Crippen molar-refractivity contribution < 1.29 is 14.3 Å². The van der Waals surface area contributed by atoms with E-state index in [1.54, 1.807) is 0 Å². The summed E-state index contributed by atoms with van der Waals surface area (Å²) in [6.07, 6.45) is 3.69. The fourth-order valence-electron chi connectivity index (χ4n) is 3.14. The van der Waals surface area contributed by atoms with Gasteiger partial charge in [0.05, 0.1) is 17.7 Å². The second-order valence-electron chi connectivity index (χ2n) is 6.57. The van der Waals surface area contributed by atoms with Crippen LogP contribution in [-0.2, 0) is 20.9 Å². The summed E-state index contributed by atoms with van der Waals surface area (Å²) in [5, 5.41) is 4.33. The molecule has 0 spiro atoms. The van der Waals surface area contributed by atoms with E-state index in [2.05, 4.69) is 10.3 Å². The van der Waals surface area contributed by atoms with Gasteiger partial charge in [0.1, 0.15) is 6.54 Å². The average molecular weight is 405 g/mol. The molecule has 1 aromatic heterocycles. The molecule has 0 atom stereocenters. The summed E-state index contributed by atoms with van der Waals surface area (Å²) < 4.78 is 6.61. The molecule has 0 aliphatic carbocycles. The minimum absolute atomic E-state index is 0.111.